The Bertz CT molecular complexity index is 428. The molecule has 1 aromatic rings. The predicted octanol–water partition coefficient (Wildman–Crippen LogP) is 2.19. The molecule has 6 heteroatoms. The van der Waals surface area contributed by atoms with Crippen LogP contribution in [0, 0.1) is 5.41 Å². The molecule has 0 radical (unpaired) electrons. The number of rotatable bonds is 9. The highest BCUT2D eigenvalue weighted by Crippen LogP contribution is 2.26. The number of aromatic nitrogens is 1. The Balaban J connectivity index is 2.51. The lowest BCUT2D eigenvalue weighted by molar-refractivity contribution is -0.149. The Kier molecular flexibility index (Phi) is 6.58. The molecule has 0 spiro atoms. The number of hydrogen-bond acceptors (Lipinski definition) is 5. The van der Waals surface area contributed by atoms with Crippen molar-refractivity contribution < 1.29 is 9.90 Å². The summed E-state index contributed by atoms with van der Waals surface area (Å²) in [5.74, 6) is -0.720. The highest BCUT2D eigenvalue weighted by molar-refractivity contribution is 7.11. The van der Waals surface area contributed by atoms with Crippen molar-refractivity contribution in [3.8, 4) is 0 Å². The summed E-state index contributed by atoms with van der Waals surface area (Å²) in [6, 6.07) is 0. The number of hydrogen-bond donors (Lipinski definition) is 2. The molecule has 114 valence electrons. The smallest absolute Gasteiger partial charge is 0.310 e. The third-order valence-corrected chi connectivity index (χ3v) is 4.60. The van der Waals surface area contributed by atoms with E-state index in [1.54, 1.807) is 11.3 Å². The van der Waals surface area contributed by atoms with Gasteiger partial charge in [0.1, 0.15) is 5.01 Å². The van der Waals surface area contributed by atoms with Crippen LogP contribution in [0.1, 0.15) is 36.6 Å². The second-order valence-corrected chi connectivity index (χ2v) is 6.55. The zero-order valence-corrected chi connectivity index (χ0v) is 13.6. The Morgan fingerprint density at radius 2 is 2.10 bits per heavy atom. The highest BCUT2D eigenvalue weighted by Gasteiger charge is 2.34. The van der Waals surface area contributed by atoms with Crippen molar-refractivity contribution in [3.63, 3.8) is 0 Å². The second kappa shape index (κ2) is 7.71. The van der Waals surface area contributed by atoms with Gasteiger partial charge >= 0.3 is 5.97 Å². The van der Waals surface area contributed by atoms with Gasteiger partial charge in [-0.25, -0.2) is 4.98 Å². The molecule has 0 aliphatic carbocycles. The first-order valence-electron chi connectivity index (χ1n) is 6.96. The first-order valence-corrected chi connectivity index (χ1v) is 7.77. The van der Waals surface area contributed by atoms with Crippen molar-refractivity contribution in [2.75, 3.05) is 20.6 Å². The summed E-state index contributed by atoms with van der Waals surface area (Å²) in [5.41, 5.74) is -0.663. The minimum atomic E-state index is -0.720. The summed E-state index contributed by atoms with van der Waals surface area (Å²) in [6.45, 7) is 5.86. The molecule has 0 fully saturated rings. The van der Waals surface area contributed by atoms with Crippen molar-refractivity contribution in [1.29, 1.82) is 0 Å². The van der Waals surface area contributed by atoms with Crippen LogP contribution in [0.25, 0.3) is 0 Å². The number of thiazole rings is 1. The molecule has 0 aliphatic heterocycles. The van der Waals surface area contributed by atoms with Gasteiger partial charge in [-0.2, -0.15) is 0 Å². The van der Waals surface area contributed by atoms with Gasteiger partial charge in [-0.1, -0.05) is 13.8 Å². The average Bonchev–Trinajstić information content (AvgIpc) is 2.81. The molecule has 1 rings (SSSR count). The molecular formula is C14H25N3O2S. The van der Waals surface area contributed by atoms with Gasteiger partial charge in [0.2, 0.25) is 0 Å². The fourth-order valence-electron chi connectivity index (χ4n) is 2.10. The van der Waals surface area contributed by atoms with Gasteiger partial charge in [0.05, 0.1) is 5.41 Å². The largest absolute Gasteiger partial charge is 0.481 e. The summed E-state index contributed by atoms with van der Waals surface area (Å²) < 4.78 is 0. The number of carboxylic acid groups (broad SMARTS) is 1. The first-order chi connectivity index (χ1) is 9.43. The number of carboxylic acids is 1. The standard InChI is InChI=1S/C14H25N3O2S/c1-5-14(6-2,13(18)19)10-15-8-12-16-7-11(20-12)9-17(3)4/h7,15H,5-6,8-10H2,1-4H3,(H,18,19). The fraction of sp³-hybridized carbons (Fsp3) is 0.714. The van der Waals surface area contributed by atoms with Crippen molar-refractivity contribution in [1.82, 2.24) is 15.2 Å². The van der Waals surface area contributed by atoms with Gasteiger partial charge in [0, 0.05) is 30.7 Å². The molecular weight excluding hydrogens is 274 g/mol. The van der Waals surface area contributed by atoms with Crippen LogP contribution in [0.3, 0.4) is 0 Å². The van der Waals surface area contributed by atoms with Gasteiger partial charge in [-0.05, 0) is 26.9 Å². The molecule has 0 bridgehead atoms. The molecule has 5 nitrogen and oxygen atoms in total. The normalized spacial score (nSPS) is 12.1. The first kappa shape index (κ1) is 17.1. The van der Waals surface area contributed by atoms with Crippen LogP contribution in [0.15, 0.2) is 6.20 Å². The van der Waals surface area contributed by atoms with E-state index in [1.165, 1.54) is 4.88 Å². The highest BCUT2D eigenvalue weighted by atomic mass is 32.1. The lowest BCUT2D eigenvalue weighted by Gasteiger charge is -2.26. The van der Waals surface area contributed by atoms with Gasteiger partial charge in [-0.15, -0.1) is 11.3 Å². The van der Waals surface area contributed by atoms with Gasteiger partial charge < -0.3 is 15.3 Å². The second-order valence-electron chi connectivity index (χ2n) is 5.35. The maximum absolute atomic E-state index is 11.4. The van der Waals surface area contributed by atoms with Crippen LogP contribution in [0.2, 0.25) is 0 Å². The lowest BCUT2D eigenvalue weighted by atomic mass is 9.82. The van der Waals surface area contributed by atoms with Crippen molar-refractivity contribution >= 4 is 17.3 Å². The third-order valence-electron chi connectivity index (χ3n) is 3.62. The maximum Gasteiger partial charge on any atom is 0.310 e. The molecule has 2 N–H and O–H groups in total. The predicted molar refractivity (Wildman–Crippen MR) is 81.9 cm³/mol. The minimum absolute atomic E-state index is 0.484. The summed E-state index contributed by atoms with van der Waals surface area (Å²) >= 11 is 1.67. The van der Waals surface area contributed by atoms with E-state index in [1.807, 2.05) is 34.1 Å². The molecule has 0 unspecified atom stereocenters. The Morgan fingerprint density at radius 3 is 2.60 bits per heavy atom. The van der Waals surface area contributed by atoms with Crippen LogP contribution in [0.4, 0.5) is 0 Å². The summed E-state index contributed by atoms with van der Waals surface area (Å²) in [4.78, 5) is 19.1. The molecule has 0 atom stereocenters. The van der Waals surface area contributed by atoms with E-state index in [4.69, 9.17) is 0 Å². The Hall–Kier alpha value is -0.980. The Labute approximate surface area is 125 Å². The van der Waals surface area contributed by atoms with Gasteiger partial charge in [0.15, 0.2) is 0 Å². The molecule has 20 heavy (non-hydrogen) atoms. The van der Waals surface area contributed by atoms with Crippen LogP contribution < -0.4 is 5.32 Å². The van der Waals surface area contributed by atoms with E-state index >= 15 is 0 Å². The van der Waals surface area contributed by atoms with Gasteiger partial charge in [0.25, 0.3) is 0 Å². The van der Waals surface area contributed by atoms with E-state index in [2.05, 4.69) is 15.2 Å². The maximum atomic E-state index is 11.4. The van der Waals surface area contributed by atoms with Crippen molar-refractivity contribution in [3.05, 3.63) is 16.1 Å². The summed E-state index contributed by atoms with van der Waals surface area (Å²) in [7, 11) is 4.06. The van der Waals surface area contributed by atoms with Crippen LogP contribution in [-0.2, 0) is 17.9 Å². The van der Waals surface area contributed by atoms with E-state index in [9.17, 15) is 9.90 Å². The molecule has 1 heterocycles. The zero-order chi connectivity index (χ0) is 15.2. The lowest BCUT2D eigenvalue weighted by Crippen LogP contribution is -2.39. The zero-order valence-electron chi connectivity index (χ0n) is 12.8. The monoisotopic (exact) mass is 299 g/mol. The minimum Gasteiger partial charge on any atom is -0.481 e. The molecule has 1 aromatic heterocycles. The molecule has 0 saturated heterocycles. The molecule has 0 aromatic carbocycles. The molecule has 0 amide bonds. The molecule has 0 aliphatic rings. The van der Waals surface area contributed by atoms with Crippen LogP contribution in [-0.4, -0.2) is 41.6 Å². The number of nitrogens with zero attached hydrogens (tertiary/aromatic N) is 2. The number of aliphatic carboxylic acids is 1. The van der Waals surface area contributed by atoms with E-state index < -0.39 is 11.4 Å². The van der Waals surface area contributed by atoms with E-state index in [0.717, 1.165) is 11.6 Å². The number of carbonyl (C=O) groups is 1. The fourth-order valence-corrected chi connectivity index (χ4v) is 3.11. The van der Waals surface area contributed by atoms with Gasteiger partial charge in [-0.3, -0.25) is 4.79 Å². The summed E-state index contributed by atoms with van der Waals surface area (Å²) in [6.07, 6.45) is 3.16. The quantitative estimate of drug-likeness (QED) is 0.731. The summed E-state index contributed by atoms with van der Waals surface area (Å²) in [5, 5.41) is 13.6. The van der Waals surface area contributed by atoms with Crippen LogP contribution >= 0.6 is 11.3 Å². The topological polar surface area (TPSA) is 65.5 Å². The average molecular weight is 299 g/mol. The Morgan fingerprint density at radius 1 is 1.45 bits per heavy atom. The van der Waals surface area contributed by atoms with E-state index in [-0.39, 0.29) is 0 Å². The SMILES string of the molecule is CCC(CC)(CNCc1ncc(CN(C)C)s1)C(=O)O. The van der Waals surface area contributed by atoms with Crippen LogP contribution in [0.5, 0.6) is 0 Å². The third kappa shape index (κ3) is 4.54. The van der Waals surface area contributed by atoms with Crippen molar-refractivity contribution in [2.24, 2.45) is 5.41 Å². The molecule has 0 saturated carbocycles. The van der Waals surface area contributed by atoms with E-state index in [0.29, 0.717) is 25.9 Å². The van der Waals surface area contributed by atoms with Crippen molar-refractivity contribution in [2.45, 2.75) is 39.8 Å². The number of nitrogens with one attached hydrogen (secondary N) is 1.